The molecule has 6 rings (SSSR count). The molecular weight excluding hydrogens is 458 g/mol. The summed E-state index contributed by atoms with van der Waals surface area (Å²) in [4.78, 5) is 2.53. The molecule has 0 N–H and O–H groups in total. The maximum atomic E-state index is 6.24. The van der Waals surface area contributed by atoms with Gasteiger partial charge in [-0.15, -0.1) is 0 Å². The number of methoxy groups -OCH3 is 2. The summed E-state index contributed by atoms with van der Waals surface area (Å²) in [5.41, 5.74) is 8.23. The van der Waals surface area contributed by atoms with Gasteiger partial charge in [0.25, 0.3) is 0 Å². The topological polar surface area (TPSA) is 30.9 Å². The zero-order valence-corrected chi connectivity index (χ0v) is 22.1. The van der Waals surface area contributed by atoms with Crippen LogP contribution >= 0.6 is 0 Å². The van der Waals surface area contributed by atoms with Gasteiger partial charge >= 0.3 is 0 Å². The minimum atomic E-state index is 0.0481. The van der Waals surface area contributed by atoms with Crippen LogP contribution in [0.1, 0.15) is 47.1 Å². The third-order valence-corrected chi connectivity index (χ3v) is 8.47. The van der Waals surface area contributed by atoms with E-state index >= 15 is 0 Å². The molecule has 0 amide bonds. The number of ether oxygens (including phenoxy) is 3. The number of hydrogen-bond donors (Lipinski definition) is 0. The fourth-order valence-electron chi connectivity index (χ4n) is 6.59. The molecule has 2 aliphatic carbocycles. The van der Waals surface area contributed by atoms with Crippen molar-refractivity contribution < 1.29 is 14.2 Å². The van der Waals surface area contributed by atoms with E-state index in [0.29, 0.717) is 0 Å². The minimum Gasteiger partial charge on any atom is -0.497 e. The molecule has 0 bridgehead atoms. The van der Waals surface area contributed by atoms with E-state index in [-0.39, 0.29) is 5.41 Å². The number of benzene rings is 3. The van der Waals surface area contributed by atoms with E-state index in [2.05, 4.69) is 65.6 Å². The first-order valence-electron chi connectivity index (χ1n) is 13.7. The van der Waals surface area contributed by atoms with Crippen molar-refractivity contribution in [3.63, 3.8) is 0 Å². The molecule has 1 unspecified atom stereocenters. The molecule has 1 atom stereocenters. The van der Waals surface area contributed by atoms with Crippen LogP contribution in [-0.2, 0) is 19.3 Å². The molecule has 3 aliphatic rings. The fraction of sp³-hybridized carbons (Fsp3) is 0.394. The Balaban J connectivity index is 1.27. The summed E-state index contributed by atoms with van der Waals surface area (Å²) >= 11 is 0. The average molecular weight is 496 g/mol. The first-order valence-corrected chi connectivity index (χ1v) is 13.7. The van der Waals surface area contributed by atoms with Crippen LogP contribution in [0.5, 0.6) is 17.2 Å². The first-order chi connectivity index (χ1) is 18.2. The zero-order valence-electron chi connectivity index (χ0n) is 22.1. The van der Waals surface area contributed by atoms with Crippen molar-refractivity contribution in [2.75, 3.05) is 40.5 Å². The van der Waals surface area contributed by atoms with Crippen molar-refractivity contribution in [2.45, 2.75) is 38.5 Å². The van der Waals surface area contributed by atoms with Crippen LogP contribution in [0, 0.1) is 5.41 Å². The van der Waals surface area contributed by atoms with E-state index in [9.17, 15) is 0 Å². The van der Waals surface area contributed by atoms with Crippen LogP contribution in [0.3, 0.4) is 0 Å². The van der Waals surface area contributed by atoms with Crippen molar-refractivity contribution in [1.82, 2.24) is 4.90 Å². The number of piperidine rings is 1. The third kappa shape index (κ3) is 4.87. The summed E-state index contributed by atoms with van der Waals surface area (Å²) in [6.07, 6.45) is 9.48. The van der Waals surface area contributed by atoms with Gasteiger partial charge in [0.15, 0.2) is 0 Å². The lowest BCUT2D eigenvalue weighted by Crippen LogP contribution is -2.33. The maximum Gasteiger partial charge on any atom is 0.119 e. The summed E-state index contributed by atoms with van der Waals surface area (Å²) < 4.78 is 17.3. The number of allylic oxidation sites excluding steroid dienone is 1. The second-order valence-electron chi connectivity index (χ2n) is 10.8. The van der Waals surface area contributed by atoms with Gasteiger partial charge < -0.3 is 14.2 Å². The van der Waals surface area contributed by atoms with E-state index in [1.54, 1.807) is 14.2 Å². The van der Waals surface area contributed by atoms with E-state index < -0.39 is 0 Å². The lowest BCUT2D eigenvalue weighted by molar-refractivity contribution is 0.183. The number of hydrogen-bond acceptors (Lipinski definition) is 4. The Kier molecular flexibility index (Phi) is 6.69. The Labute approximate surface area is 220 Å². The van der Waals surface area contributed by atoms with Gasteiger partial charge in [-0.05, 0) is 115 Å². The summed E-state index contributed by atoms with van der Waals surface area (Å²) in [6, 6.07) is 21.7. The zero-order chi connectivity index (χ0) is 25.2. The smallest absolute Gasteiger partial charge is 0.119 e. The molecule has 0 saturated carbocycles. The van der Waals surface area contributed by atoms with Gasteiger partial charge in [0.2, 0.25) is 0 Å². The molecule has 1 fully saturated rings. The van der Waals surface area contributed by atoms with Crippen LogP contribution in [0.15, 0.2) is 60.7 Å². The second-order valence-corrected chi connectivity index (χ2v) is 10.8. The van der Waals surface area contributed by atoms with Crippen molar-refractivity contribution in [3.05, 3.63) is 88.5 Å². The van der Waals surface area contributed by atoms with Crippen LogP contribution in [-0.4, -0.2) is 45.4 Å². The van der Waals surface area contributed by atoms with Crippen LogP contribution in [0.25, 0.3) is 11.6 Å². The monoisotopic (exact) mass is 495 g/mol. The Morgan fingerprint density at radius 1 is 0.757 bits per heavy atom. The van der Waals surface area contributed by atoms with Crippen LogP contribution in [0.2, 0.25) is 0 Å². The van der Waals surface area contributed by atoms with E-state index in [1.807, 2.05) is 6.07 Å². The number of likely N-dealkylation sites (tertiary alicyclic amines) is 1. The van der Waals surface area contributed by atoms with Crippen LogP contribution in [0.4, 0.5) is 0 Å². The average Bonchev–Trinajstić information content (AvgIpc) is 3.44. The molecule has 4 heteroatoms. The van der Waals surface area contributed by atoms with Gasteiger partial charge in [-0.3, -0.25) is 4.90 Å². The van der Waals surface area contributed by atoms with E-state index in [4.69, 9.17) is 14.2 Å². The molecular formula is C33H37NO3. The predicted molar refractivity (Wildman–Crippen MR) is 150 cm³/mol. The molecule has 3 aromatic carbocycles. The summed E-state index contributed by atoms with van der Waals surface area (Å²) in [6.45, 7) is 4.20. The van der Waals surface area contributed by atoms with Gasteiger partial charge in [0.05, 0.1) is 14.2 Å². The van der Waals surface area contributed by atoms with Gasteiger partial charge in [-0.25, -0.2) is 0 Å². The van der Waals surface area contributed by atoms with E-state index in [1.165, 1.54) is 65.7 Å². The summed E-state index contributed by atoms with van der Waals surface area (Å²) in [7, 11) is 3.47. The van der Waals surface area contributed by atoms with Crippen LogP contribution < -0.4 is 14.2 Å². The highest BCUT2D eigenvalue weighted by atomic mass is 16.5. The molecule has 1 heterocycles. The highest BCUT2D eigenvalue weighted by Gasteiger charge is 2.46. The molecule has 1 spiro atoms. The molecule has 1 saturated heterocycles. The van der Waals surface area contributed by atoms with Gasteiger partial charge in [-0.1, -0.05) is 36.8 Å². The molecule has 1 aliphatic heterocycles. The third-order valence-electron chi connectivity index (χ3n) is 8.47. The van der Waals surface area contributed by atoms with Gasteiger partial charge in [-0.2, -0.15) is 0 Å². The molecule has 3 aromatic rings. The quantitative estimate of drug-likeness (QED) is 0.377. The molecule has 37 heavy (non-hydrogen) atoms. The fourth-order valence-corrected chi connectivity index (χ4v) is 6.59. The SMILES string of the molecule is COc1cccc(/C=C2\c3ccc(OC)cc3CC23Cc2ccc(OCCN4CCCCC4)cc2C3)c1. The lowest BCUT2D eigenvalue weighted by atomic mass is 9.77. The molecule has 0 radical (unpaired) electrons. The number of rotatable bonds is 7. The van der Waals surface area contributed by atoms with Crippen molar-refractivity contribution in [2.24, 2.45) is 5.41 Å². The lowest BCUT2D eigenvalue weighted by Gasteiger charge is -2.26. The van der Waals surface area contributed by atoms with Crippen molar-refractivity contribution in [3.8, 4) is 17.2 Å². The van der Waals surface area contributed by atoms with Crippen molar-refractivity contribution in [1.29, 1.82) is 0 Å². The Hall–Kier alpha value is -3.24. The van der Waals surface area contributed by atoms with E-state index in [0.717, 1.165) is 49.7 Å². The van der Waals surface area contributed by atoms with Gasteiger partial charge in [0.1, 0.15) is 23.9 Å². The molecule has 4 nitrogen and oxygen atoms in total. The largest absolute Gasteiger partial charge is 0.497 e. The first kappa shape index (κ1) is 24.1. The number of fused-ring (bicyclic) bond motifs is 2. The molecule has 0 aromatic heterocycles. The normalized spacial score (nSPS) is 21.7. The summed E-state index contributed by atoms with van der Waals surface area (Å²) in [5, 5.41) is 0. The minimum absolute atomic E-state index is 0.0481. The predicted octanol–water partition coefficient (Wildman–Crippen LogP) is 6.45. The number of nitrogens with zero attached hydrogens (tertiary/aromatic N) is 1. The highest BCUT2D eigenvalue weighted by Crippen LogP contribution is 2.55. The Morgan fingerprint density at radius 3 is 2.32 bits per heavy atom. The van der Waals surface area contributed by atoms with Gasteiger partial charge in [0, 0.05) is 12.0 Å². The Morgan fingerprint density at radius 2 is 1.49 bits per heavy atom. The maximum absolute atomic E-state index is 6.24. The summed E-state index contributed by atoms with van der Waals surface area (Å²) in [5.74, 6) is 2.82. The second kappa shape index (κ2) is 10.3. The molecule has 192 valence electrons. The van der Waals surface area contributed by atoms with Crippen molar-refractivity contribution >= 4 is 11.6 Å². The Bertz CT molecular complexity index is 1310. The highest BCUT2D eigenvalue weighted by molar-refractivity contribution is 5.90. The standard InChI is InChI=1S/C33H37NO3/c1-35-28-8-6-7-24(17-28)18-32-31-12-11-29(36-2)20-27(31)23-33(32)21-25-9-10-30(19-26(25)22-33)37-16-15-34-13-4-3-5-14-34/h6-12,17-20H,3-5,13-16,21-23H2,1-2H3/b32-18+.